The number of alkyl halides is 1. The molecule has 1 atom stereocenters. The number of thiazole rings is 1. The molecule has 67 heavy (non-hydrogen) atoms. The first-order valence-electron chi connectivity index (χ1n) is 21.7. The van der Waals surface area contributed by atoms with Crippen molar-refractivity contribution in [1.82, 2.24) is 14.8 Å². The van der Waals surface area contributed by atoms with E-state index in [-0.39, 0.29) is 38.8 Å². The molecule has 0 bridgehead atoms. The van der Waals surface area contributed by atoms with Gasteiger partial charge < -0.3 is 51.9 Å². The summed E-state index contributed by atoms with van der Waals surface area (Å²) in [5.74, 6) is 1.19. The highest BCUT2D eigenvalue weighted by Gasteiger charge is 2.23. The summed E-state index contributed by atoms with van der Waals surface area (Å²) in [7, 11) is 8.63. The highest BCUT2D eigenvalue weighted by atomic mass is 79.9. The van der Waals surface area contributed by atoms with Gasteiger partial charge in [0.05, 0.1) is 5.33 Å². The first-order valence-corrected chi connectivity index (χ1v) is 25.0. The van der Waals surface area contributed by atoms with Gasteiger partial charge in [0.1, 0.15) is 22.2 Å². The van der Waals surface area contributed by atoms with Crippen LogP contribution in [0.25, 0.3) is 0 Å². The van der Waals surface area contributed by atoms with Gasteiger partial charge in [-0.15, -0.1) is 0 Å². The number of phenols is 2. The Balaban J connectivity index is 0.000000241. The van der Waals surface area contributed by atoms with Crippen molar-refractivity contribution in [2.45, 2.75) is 44.7 Å². The van der Waals surface area contributed by atoms with Crippen molar-refractivity contribution in [3.63, 3.8) is 0 Å². The van der Waals surface area contributed by atoms with Gasteiger partial charge in [-0.3, -0.25) is 9.59 Å². The highest BCUT2D eigenvalue weighted by molar-refractivity contribution is 9.09. The Kier molecular flexibility index (Phi) is 22.3. The van der Waals surface area contributed by atoms with E-state index < -0.39 is 0 Å². The van der Waals surface area contributed by atoms with Crippen LogP contribution in [0.3, 0.4) is 0 Å². The average molecular weight is 1050 g/mol. The Morgan fingerprint density at radius 2 is 1.24 bits per heavy atom. The van der Waals surface area contributed by atoms with Crippen molar-refractivity contribution in [2.24, 2.45) is 10.7 Å². The van der Waals surface area contributed by atoms with Crippen LogP contribution in [0.1, 0.15) is 58.2 Å². The molecular formula is C48H64BrN10O4PS3. The predicted molar refractivity (Wildman–Crippen MR) is 295 cm³/mol. The van der Waals surface area contributed by atoms with Gasteiger partial charge in [0.15, 0.2) is 21.2 Å². The van der Waals surface area contributed by atoms with Crippen molar-refractivity contribution in [3.05, 3.63) is 113 Å². The molecule has 8 N–H and O–H groups in total. The third-order valence-corrected chi connectivity index (χ3v) is 13.5. The van der Waals surface area contributed by atoms with Gasteiger partial charge in [0, 0.05) is 72.1 Å². The van der Waals surface area contributed by atoms with Crippen molar-refractivity contribution in [1.29, 1.82) is 0 Å². The van der Waals surface area contributed by atoms with Crippen LogP contribution in [0.5, 0.6) is 11.5 Å². The van der Waals surface area contributed by atoms with Crippen molar-refractivity contribution in [2.75, 3.05) is 91.6 Å². The van der Waals surface area contributed by atoms with Gasteiger partial charge in [-0.05, 0) is 169 Å². The minimum Gasteiger partial charge on any atom is -0.508 e. The summed E-state index contributed by atoms with van der Waals surface area (Å²) in [6.07, 6.45) is 4.76. The number of hydrogen-bond donors (Lipinski definition) is 6. The van der Waals surface area contributed by atoms with Crippen LogP contribution in [-0.4, -0.2) is 124 Å². The van der Waals surface area contributed by atoms with Gasteiger partial charge in [-0.1, -0.05) is 46.0 Å². The fourth-order valence-corrected chi connectivity index (χ4v) is 9.28. The number of phenolic OH excluding ortho intramolecular Hbond substituents is 2. The third kappa shape index (κ3) is 17.0. The number of carbonyl (C=O) groups excluding carboxylic acids is 2. The van der Waals surface area contributed by atoms with Crippen LogP contribution in [0.4, 0.5) is 33.7 Å². The number of aliphatic imine (C=N–C) groups is 1. The largest absolute Gasteiger partial charge is 0.508 e. The second-order valence-corrected chi connectivity index (χ2v) is 19.3. The molecule has 0 aliphatic carbocycles. The number of piperidine rings is 2. The van der Waals surface area contributed by atoms with E-state index in [1.165, 1.54) is 84.4 Å². The molecule has 3 heterocycles. The Morgan fingerprint density at radius 3 is 1.67 bits per heavy atom. The molecule has 2 saturated heterocycles. The Bertz CT molecular complexity index is 2360. The number of ketones is 2. The second-order valence-electron chi connectivity index (χ2n) is 16.1. The maximum atomic E-state index is 12.7. The number of hydrogen-bond acceptors (Lipinski definition) is 14. The molecule has 19 heteroatoms. The molecule has 0 amide bonds. The number of rotatable bonds is 12. The molecule has 0 saturated carbocycles. The van der Waals surface area contributed by atoms with E-state index >= 15 is 0 Å². The Morgan fingerprint density at radius 1 is 0.791 bits per heavy atom. The van der Waals surface area contributed by atoms with Crippen molar-refractivity contribution >= 4 is 117 Å². The maximum Gasteiger partial charge on any atom is 0.206 e. The molecule has 1 unspecified atom stereocenters. The zero-order valence-corrected chi connectivity index (χ0v) is 44.3. The SMILES string of the molecule is CCSC(N)=NC(=S)Nc1ccc(N2CCC(N(C)C)CC2)cc1.CN(C)C1CCN(c2ccc(Nc3nc(N)c(C(=O)c4ccc(O)cc4)s3)cc2)CC1.O=C(CBr)c1ccc(O)cc1.P. The van der Waals surface area contributed by atoms with Gasteiger partial charge >= 0.3 is 0 Å². The van der Waals surface area contributed by atoms with Gasteiger partial charge in [0.25, 0.3) is 0 Å². The normalized spacial score (nSPS) is 14.3. The lowest BCUT2D eigenvalue weighted by atomic mass is 10.0. The summed E-state index contributed by atoms with van der Waals surface area (Å²) in [4.78, 5) is 42.0. The average Bonchev–Trinajstić information content (AvgIpc) is 3.69. The molecule has 14 nitrogen and oxygen atoms in total. The van der Waals surface area contributed by atoms with E-state index in [1.807, 2.05) is 31.2 Å². The van der Waals surface area contributed by atoms with E-state index in [0.717, 1.165) is 43.3 Å². The van der Waals surface area contributed by atoms with Crippen LogP contribution in [-0.2, 0) is 0 Å². The minimum atomic E-state index is -0.209. The monoisotopic (exact) mass is 1050 g/mol. The Hall–Kier alpha value is -4.81. The number of benzene rings is 4. The fraction of sp³-hybridized carbons (Fsp3) is 0.354. The number of carbonyl (C=O) groups is 2. The topological polar surface area (TPSA) is 189 Å². The lowest BCUT2D eigenvalue weighted by molar-refractivity contribution is 0.102. The van der Waals surface area contributed by atoms with Crippen LogP contribution in [0.2, 0.25) is 0 Å². The summed E-state index contributed by atoms with van der Waals surface area (Å²) in [5, 5.41) is 26.4. The molecule has 7 rings (SSSR count). The number of amidine groups is 1. The molecule has 4 aromatic carbocycles. The van der Waals surface area contributed by atoms with E-state index in [4.69, 9.17) is 28.8 Å². The van der Waals surface area contributed by atoms with Crippen molar-refractivity contribution in [3.8, 4) is 11.5 Å². The summed E-state index contributed by atoms with van der Waals surface area (Å²) in [6.45, 7) is 6.35. The lowest BCUT2D eigenvalue weighted by Crippen LogP contribution is -2.41. The number of thiocarbonyl (C=S) groups is 1. The zero-order chi connectivity index (χ0) is 47.8. The van der Waals surface area contributed by atoms with E-state index in [0.29, 0.717) is 48.8 Å². The minimum absolute atomic E-state index is 0. The quantitative estimate of drug-likeness (QED) is 0.0173. The number of aromatic nitrogens is 1. The molecule has 2 fully saturated rings. The number of nitrogens with one attached hydrogen (secondary N) is 2. The number of aromatic hydroxyl groups is 2. The number of nitrogen functional groups attached to an aromatic ring is 1. The Labute approximate surface area is 420 Å². The summed E-state index contributed by atoms with van der Waals surface area (Å²) >= 11 is 11.0. The van der Waals surface area contributed by atoms with Crippen LogP contribution in [0, 0.1) is 0 Å². The first-order chi connectivity index (χ1) is 31.6. The van der Waals surface area contributed by atoms with Gasteiger partial charge in [-0.2, -0.15) is 14.9 Å². The highest BCUT2D eigenvalue weighted by Crippen LogP contribution is 2.31. The molecule has 0 spiro atoms. The van der Waals surface area contributed by atoms with Crippen LogP contribution < -0.4 is 31.9 Å². The molecule has 1 aromatic heterocycles. The van der Waals surface area contributed by atoms with Gasteiger partial charge in [-0.25, -0.2) is 4.98 Å². The molecule has 5 aromatic rings. The van der Waals surface area contributed by atoms with Crippen molar-refractivity contribution < 1.29 is 19.8 Å². The number of nitrogens with two attached hydrogens (primary N) is 2. The number of Topliss-reactive ketones (excluding diaryl/α,β-unsaturated/α-hetero) is 1. The summed E-state index contributed by atoms with van der Waals surface area (Å²) in [5.41, 5.74) is 17.1. The second kappa shape index (κ2) is 27.3. The van der Waals surface area contributed by atoms with Crippen LogP contribution >= 0.6 is 61.1 Å². The third-order valence-electron chi connectivity index (χ3n) is 11.2. The molecule has 0 radical (unpaired) electrons. The molecule has 2 aliphatic heterocycles. The first kappa shape index (κ1) is 54.8. The van der Waals surface area contributed by atoms with Gasteiger partial charge in [0.2, 0.25) is 5.78 Å². The van der Waals surface area contributed by atoms with E-state index in [2.05, 4.69) is 109 Å². The summed E-state index contributed by atoms with van der Waals surface area (Å²) in [6, 6.07) is 30.3. The number of anilines is 6. The maximum absolute atomic E-state index is 12.7. The molecular weight excluding hydrogens is 988 g/mol. The zero-order valence-electron chi connectivity index (χ0n) is 38.8. The fourth-order valence-electron chi connectivity index (χ4n) is 7.36. The molecule has 360 valence electrons. The standard InChI is InChI=1S/C23H27N5O2S.C17H27N5S2.C8H7BrO2.H3P/c1-27(2)17-11-13-28(14-12-17)18-7-5-16(6-8-18)25-23-26-22(24)21(31-23)20(30)15-3-9-19(29)10-4-15;1-4-24-16(18)20-17(23)19-13-5-7-15(8-6-13)22-11-9-14(10-12-22)21(2)3;9-5-8(11)6-1-3-7(10)4-2-6;/h3-10,17,29H,11-14,24H2,1-2H3,(H,25,26);5-8,14H,4,9-12H2,1-3H3,(H3,18,19,20,23);1-4,10H,5H2;1H3. The predicted octanol–water partition coefficient (Wildman–Crippen LogP) is 8.95. The summed E-state index contributed by atoms with van der Waals surface area (Å²) < 4.78 is 0. The van der Waals surface area contributed by atoms with E-state index in [9.17, 15) is 14.7 Å². The number of nitrogens with zero attached hydrogens (tertiary/aromatic N) is 6. The molecule has 2 aliphatic rings. The number of halogens is 1. The number of thioether (sulfide) groups is 1. The smallest absolute Gasteiger partial charge is 0.206 e. The van der Waals surface area contributed by atoms with E-state index in [1.54, 1.807) is 24.3 Å². The lowest BCUT2D eigenvalue weighted by Gasteiger charge is -2.36. The van der Waals surface area contributed by atoms with Crippen LogP contribution in [0.15, 0.2) is 102 Å².